The van der Waals surface area contributed by atoms with Crippen molar-refractivity contribution < 1.29 is 9.90 Å². The average molecular weight is 237 g/mol. The molecular weight excluding hydrogens is 218 g/mol. The number of piperidine rings is 1. The highest BCUT2D eigenvalue weighted by molar-refractivity contribution is 5.65. The fourth-order valence-electron chi connectivity index (χ4n) is 2.41. The average Bonchev–Trinajstić information content (AvgIpc) is 2.66. The molecule has 1 N–H and O–H groups in total. The molecule has 0 bridgehead atoms. The predicted octanol–water partition coefficient (Wildman–Crippen LogP) is 1.97. The van der Waals surface area contributed by atoms with E-state index in [0.29, 0.717) is 19.0 Å². The first kappa shape index (κ1) is 12.0. The standard InChI is InChI=1S/C12H19N3O2/c1-9-3-4-11(15(7-9)12(16)17)8-14-6-5-10(2)13-14/h5-6,9,11H,3-4,7-8H2,1-2H3,(H,16,17). The van der Waals surface area contributed by atoms with Gasteiger partial charge < -0.3 is 10.0 Å². The largest absolute Gasteiger partial charge is 0.465 e. The molecule has 0 aliphatic carbocycles. The monoisotopic (exact) mass is 237 g/mol. The maximum absolute atomic E-state index is 11.2. The molecule has 5 heteroatoms. The van der Waals surface area contributed by atoms with E-state index < -0.39 is 6.09 Å². The number of aromatic nitrogens is 2. The Morgan fingerprint density at radius 2 is 2.35 bits per heavy atom. The number of nitrogens with zero attached hydrogens (tertiary/aromatic N) is 3. The Kier molecular flexibility index (Phi) is 3.36. The first-order chi connectivity index (χ1) is 8.06. The van der Waals surface area contributed by atoms with Crippen LogP contribution in [0.15, 0.2) is 12.3 Å². The highest BCUT2D eigenvalue weighted by Crippen LogP contribution is 2.22. The van der Waals surface area contributed by atoms with Crippen LogP contribution in [0, 0.1) is 12.8 Å². The third-order valence-corrected chi connectivity index (χ3v) is 3.36. The van der Waals surface area contributed by atoms with Gasteiger partial charge >= 0.3 is 6.09 Å². The topological polar surface area (TPSA) is 58.4 Å². The van der Waals surface area contributed by atoms with Crippen LogP contribution in [-0.2, 0) is 6.54 Å². The van der Waals surface area contributed by atoms with E-state index in [4.69, 9.17) is 0 Å². The summed E-state index contributed by atoms with van der Waals surface area (Å²) in [6.07, 6.45) is 3.11. The molecule has 94 valence electrons. The van der Waals surface area contributed by atoms with Crippen molar-refractivity contribution in [2.45, 2.75) is 39.3 Å². The highest BCUT2D eigenvalue weighted by Gasteiger charge is 2.29. The number of hydrogen-bond donors (Lipinski definition) is 1. The van der Waals surface area contributed by atoms with Gasteiger partial charge in [-0.05, 0) is 31.7 Å². The Morgan fingerprint density at radius 3 is 2.94 bits per heavy atom. The van der Waals surface area contributed by atoms with E-state index in [-0.39, 0.29) is 6.04 Å². The molecule has 0 radical (unpaired) electrons. The molecule has 1 aliphatic rings. The van der Waals surface area contributed by atoms with E-state index in [1.54, 1.807) is 4.90 Å². The number of hydrogen-bond acceptors (Lipinski definition) is 2. The van der Waals surface area contributed by atoms with Gasteiger partial charge in [-0.3, -0.25) is 4.68 Å². The molecule has 0 spiro atoms. The van der Waals surface area contributed by atoms with Gasteiger partial charge in [0.05, 0.1) is 18.3 Å². The summed E-state index contributed by atoms with van der Waals surface area (Å²) in [5.41, 5.74) is 0.969. The minimum atomic E-state index is -0.814. The lowest BCUT2D eigenvalue weighted by Crippen LogP contribution is -2.47. The number of carboxylic acid groups (broad SMARTS) is 1. The molecule has 2 unspecified atom stereocenters. The summed E-state index contributed by atoms with van der Waals surface area (Å²) >= 11 is 0. The van der Waals surface area contributed by atoms with Gasteiger partial charge in [0.25, 0.3) is 0 Å². The summed E-state index contributed by atoms with van der Waals surface area (Å²) in [5, 5.41) is 13.5. The molecule has 1 aliphatic heterocycles. The number of rotatable bonds is 2. The first-order valence-electron chi connectivity index (χ1n) is 6.06. The molecule has 1 fully saturated rings. The van der Waals surface area contributed by atoms with Crippen LogP contribution >= 0.6 is 0 Å². The van der Waals surface area contributed by atoms with Crippen LogP contribution in [-0.4, -0.2) is 38.5 Å². The summed E-state index contributed by atoms with van der Waals surface area (Å²) in [6.45, 7) is 5.34. The molecule has 1 saturated heterocycles. The molecule has 2 atom stereocenters. The van der Waals surface area contributed by atoms with Gasteiger partial charge in [0.2, 0.25) is 0 Å². The number of amides is 1. The zero-order valence-corrected chi connectivity index (χ0v) is 10.3. The minimum absolute atomic E-state index is 0.0583. The van der Waals surface area contributed by atoms with E-state index in [1.165, 1.54) is 0 Å². The van der Waals surface area contributed by atoms with Crippen LogP contribution in [0.1, 0.15) is 25.5 Å². The Bertz CT molecular complexity index is 402. The van der Waals surface area contributed by atoms with Gasteiger partial charge in [-0.1, -0.05) is 6.92 Å². The first-order valence-corrected chi connectivity index (χ1v) is 6.06. The van der Waals surface area contributed by atoms with Crippen molar-refractivity contribution in [1.82, 2.24) is 14.7 Å². The van der Waals surface area contributed by atoms with E-state index in [2.05, 4.69) is 12.0 Å². The second kappa shape index (κ2) is 4.77. The van der Waals surface area contributed by atoms with Crippen molar-refractivity contribution in [2.24, 2.45) is 5.92 Å². The van der Waals surface area contributed by atoms with E-state index in [0.717, 1.165) is 18.5 Å². The molecule has 5 nitrogen and oxygen atoms in total. The SMILES string of the molecule is Cc1ccn(CC2CCC(C)CN2C(=O)O)n1. The van der Waals surface area contributed by atoms with E-state index >= 15 is 0 Å². The quantitative estimate of drug-likeness (QED) is 0.855. The maximum Gasteiger partial charge on any atom is 0.407 e. The summed E-state index contributed by atoms with van der Waals surface area (Å²) in [4.78, 5) is 12.8. The Hall–Kier alpha value is -1.52. The Labute approximate surface area is 101 Å². The van der Waals surface area contributed by atoms with Gasteiger partial charge in [0.15, 0.2) is 0 Å². The van der Waals surface area contributed by atoms with Crippen molar-refractivity contribution in [2.75, 3.05) is 6.54 Å². The maximum atomic E-state index is 11.2. The molecule has 2 heterocycles. The Morgan fingerprint density at radius 1 is 1.59 bits per heavy atom. The zero-order valence-electron chi connectivity index (χ0n) is 10.3. The van der Waals surface area contributed by atoms with Gasteiger partial charge in [0.1, 0.15) is 0 Å². The lowest BCUT2D eigenvalue weighted by Gasteiger charge is -2.36. The third-order valence-electron chi connectivity index (χ3n) is 3.36. The number of carbonyl (C=O) groups is 1. The summed E-state index contributed by atoms with van der Waals surface area (Å²) in [6, 6.07) is 2.00. The molecule has 1 aromatic rings. The molecule has 0 saturated carbocycles. The van der Waals surface area contributed by atoms with Gasteiger partial charge in [-0.2, -0.15) is 5.10 Å². The van der Waals surface area contributed by atoms with Crippen LogP contribution in [0.4, 0.5) is 4.79 Å². The van der Waals surface area contributed by atoms with Crippen molar-refractivity contribution in [1.29, 1.82) is 0 Å². The molecule has 1 aromatic heterocycles. The predicted molar refractivity (Wildman–Crippen MR) is 63.9 cm³/mol. The van der Waals surface area contributed by atoms with Crippen LogP contribution in [0.5, 0.6) is 0 Å². The zero-order chi connectivity index (χ0) is 12.4. The van der Waals surface area contributed by atoms with Gasteiger partial charge in [-0.15, -0.1) is 0 Å². The van der Waals surface area contributed by atoms with Crippen LogP contribution < -0.4 is 0 Å². The van der Waals surface area contributed by atoms with Gasteiger partial charge in [0, 0.05) is 12.7 Å². The molecular formula is C12H19N3O2. The van der Waals surface area contributed by atoms with Crippen molar-refractivity contribution in [3.05, 3.63) is 18.0 Å². The van der Waals surface area contributed by atoms with E-state index in [1.807, 2.05) is 23.9 Å². The summed E-state index contributed by atoms with van der Waals surface area (Å²) in [5.74, 6) is 0.460. The van der Waals surface area contributed by atoms with Gasteiger partial charge in [-0.25, -0.2) is 4.79 Å². The van der Waals surface area contributed by atoms with Crippen molar-refractivity contribution in [3.63, 3.8) is 0 Å². The lowest BCUT2D eigenvalue weighted by atomic mass is 9.94. The minimum Gasteiger partial charge on any atom is -0.465 e. The highest BCUT2D eigenvalue weighted by atomic mass is 16.4. The van der Waals surface area contributed by atoms with Crippen LogP contribution in [0.25, 0.3) is 0 Å². The third kappa shape index (κ3) is 2.78. The second-order valence-corrected chi connectivity index (χ2v) is 4.95. The summed E-state index contributed by atoms with van der Waals surface area (Å²) < 4.78 is 1.84. The Balaban J connectivity index is 2.05. The van der Waals surface area contributed by atoms with Crippen LogP contribution in [0.2, 0.25) is 0 Å². The smallest absolute Gasteiger partial charge is 0.407 e. The fourth-order valence-corrected chi connectivity index (χ4v) is 2.41. The molecule has 2 rings (SSSR count). The summed E-state index contributed by atoms with van der Waals surface area (Å²) in [7, 11) is 0. The van der Waals surface area contributed by atoms with Crippen molar-refractivity contribution in [3.8, 4) is 0 Å². The molecule has 17 heavy (non-hydrogen) atoms. The van der Waals surface area contributed by atoms with Crippen molar-refractivity contribution >= 4 is 6.09 Å². The number of likely N-dealkylation sites (tertiary alicyclic amines) is 1. The fraction of sp³-hybridized carbons (Fsp3) is 0.667. The normalized spacial score (nSPS) is 24.9. The molecule has 1 amide bonds. The lowest BCUT2D eigenvalue weighted by molar-refractivity contribution is 0.0820. The number of aryl methyl sites for hydroxylation is 1. The van der Waals surface area contributed by atoms with E-state index in [9.17, 15) is 9.90 Å². The second-order valence-electron chi connectivity index (χ2n) is 4.95. The van der Waals surface area contributed by atoms with Crippen LogP contribution in [0.3, 0.4) is 0 Å². The molecule has 0 aromatic carbocycles.